The van der Waals surface area contributed by atoms with Gasteiger partial charge in [-0.2, -0.15) is 0 Å². The van der Waals surface area contributed by atoms with E-state index in [-0.39, 0.29) is 0 Å². The summed E-state index contributed by atoms with van der Waals surface area (Å²) in [5.41, 5.74) is 0.402. The molecule has 1 aliphatic carbocycles. The van der Waals surface area contributed by atoms with Crippen molar-refractivity contribution in [2.24, 2.45) is 5.41 Å². The Morgan fingerprint density at radius 1 is 1.50 bits per heavy atom. The van der Waals surface area contributed by atoms with Crippen LogP contribution in [0.15, 0.2) is 15.9 Å². The number of hydrogen-bond donors (Lipinski definition) is 1. The van der Waals surface area contributed by atoms with Gasteiger partial charge in [-0.3, -0.25) is 0 Å². The standard InChI is InChI=1S/C11H16BrNS/c1-11(2)7(6-9(11)13-3)8-4-5-10(12)14-8/h4-5,7,9,13H,6H2,1-3H3. The first kappa shape index (κ1) is 10.7. The summed E-state index contributed by atoms with van der Waals surface area (Å²) in [7, 11) is 2.06. The van der Waals surface area contributed by atoms with E-state index in [1.54, 1.807) is 0 Å². The number of rotatable bonds is 2. The fourth-order valence-corrected chi connectivity index (χ4v) is 4.15. The van der Waals surface area contributed by atoms with Crippen LogP contribution < -0.4 is 5.32 Å². The van der Waals surface area contributed by atoms with E-state index in [2.05, 4.69) is 54.3 Å². The maximum Gasteiger partial charge on any atom is 0.0701 e. The molecule has 2 atom stereocenters. The number of nitrogens with one attached hydrogen (secondary N) is 1. The van der Waals surface area contributed by atoms with Crippen LogP contribution in [0.3, 0.4) is 0 Å². The predicted octanol–water partition coefficient (Wildman–Crippen LogP) is 3.61. The molecule has 0 radical (unpaired) electrons. The van der Waals surface area contributed by atoms with Crippen molar-refractivity contribution in [2.45, 2.75) is 32.2 Å². The van der Waals surface area contributed by atoms with Crippen LogP contribution in [0, 0.1) is 5.41 Å². The molecule has 0 amide bonds. The lowest BCUT2D eigenvalue weighted by Crippen LogP contribution is -2.54. The Kier molecular flexibility index (Phi) is 2.75. The Bertz CT molecular complexity index is 332. The largest absolute Gasteiger partial charge is 0.316 e. The zero-order valence-electron chi connectivity index (χ0n) is 8.80. The Morgan fingerprint density at radius 2 is 2.21 bits per heavy atom. The summed E-state index contributed by atoms with van der Waals surface area (Å²) in [6.45, 7) is 4.71. The van der Waals surface area contributed by atoms with E-state index in [4.69, 9.17) is 0 Å². The van der Waals surface area contributed by atoms with Crippen molar-refractivity contribution < 1.29 is 0 Å². The van der Waals surface area contributed by atoms with Crippen molar-refractivity contribution in [3.8, 4) is 0 Å². The third-order valence-electron chi connectivity index (χ3n) is 3.55. The van der Waals surface area contributed by atoms with Crippen LogP contribution in [0.1, 0.15) is 31.1 Å². The first-order valence-electron chi connectivity index (χ1n) is 4.98. The van der Waals surface area contributed by atoms with Crippen LogP contribution in [-0.4, -0.2) is 13.1 Å². The summed E-state index contributed by atoms with van der Waals surface area (Å²) in [6.07, 6.45) is 1.27. The van der Waals surface area contributed by atoms with E-state index in [0.717, 1.165) is 5.92 Å². The third kappa shape index (κ3) is 1.55. The first-order valence-corrected chi connectivity index (χ1v) is 6.59. The van der Waals surface area contributed by atoms with Gasteiger partial charge in [-0.15, -0.1) is 11.3 Å². The fraction of sp³-hybridized carbons (Fsp3) is 0.636. The molecular formula is C11H16BrNS. The van der Waals surface area contributed by atoms with Gasteiger partial charge < -0.3 is 5.32 Å². The van der Waals surface area contributed by atoms with Crippen molar-refractivity contribution in [3.63, 3.8) is 0 Å². The molecule has 2 rings (SSSR count). The van der Waals surface area contributed by atoms with Crippen LogP contribution >= 0.6 is 27.3 Å². The fourth-order valence-electron chi connectivity index (χ4n) is 2.41. The molecule has 1 aromatic heterocycles. The molecule has 0 aromatic carbocycles. The smallest absolute Gasteiger partial charge is 0.0701 e. The monoisotopic (exact) mass is 273 g/mol. The molecule has 14 heavy (non-hydrogen) atoms. The maximum absolute atomic E-state index is 3.53. The highest BCUT2D eigenvalue weighted by Gasteiger charge is 2.48. The van der Waals surface area contributed by atoms with Gasteiger partial charge in [-0.1, -0.05) is 13.8 Å². The SMILES string of the molecule is CNC1CC(c2ccc(Br)s2)C1(C)C. The van der Waals surface area contributed by atoms with Crippen molar-refractivity contribution >= 4 is 27.3 Å². The topological polar surface area (TPSA) is 12.0 Å². The zero-order chi connectivity index (χ0) is 10.3. The van der Waals surface area contributed by atoms with Crippen LogP contribution in [0.2, 0.25) is 0 Å². The molecular weight excluding hydrogens is 258 g/mol. The summed E-state index contributed by atoms with van der Waals surface area (Å²) in [5.74, 6) is 0.733. The number of halogens is 1. The van der Waals surface area contributed by atoms with Gasteiger partial charge in [0.25, 0.3) is 0 Å². The van der Waals surface area contributed by atoms with Crippen molar-refractivity contribution in [2.75, 3.05) is 7.05 Å². The normalized spacial score (nSPS) is 30.0. The summed E-state index contributed by atoms with van der Waals surface area (Å²) in [6, 6.07) is 5.09. The average molecular weight is 274 g/mol. The highest BCUT2D eigenvalue weighted by molar-refractivity contribution is 9.11. The molecule has 1 nitrogen and oxygen atoms in total. The van der Waals surface area contributed by atoms with Gasteiger partial charge >= 0.3 is 0 Å². The molecule has 1 aromatic rings. The Hall–Kier alpha value is 0.140. The quantitative estimate of drug-likeness (QED) is 0.868. The van der Waals surface area contributed by atoms with Crippen molar-refractivity contribution in [3.05, 3.63) is 20.8 Å². The molecule has 0 bridgehead atoms. The summed E-state index contributed by atoms with van der Waals surface area (Å²) < 4.78 is 1.25. The molecule has 1 heterocycles. The number of hydrogen-bond acceptors (Lipinski definition) is 2. The minimum absolute atomic E-state index is 0.402. The van der Waals surface area contributed by atoms with E-state index in [1.807, 2.05) is 11.3 Å². The Balaban J connectivity index is 2.16. The predicted molar refractivity (Wildman–Crippen MR) is 66.0 cm³/mol. The molecule has 3 heteroatoms. The maximum atomic E-state index is 3.53. The molecule has 1 aliphatic rings. The number of thiophene rings is 1. The lowest BCUT2D eigenvalue weighted by atomic mass is 9.58. The van der Waals surface area contributed by atoms with Gasteiger partial charge in [0.2, 0.25) is 0 Å². The van der Waals surface area contributed by atoms with E-state index in [9.17, 15) is 0 Å². The lowest BCUT2D eigenvalue weighted by molar-refractivity contribution is 0.0774. The minimum Gasteiger partial charge on any atom is -0.316 e. The summed E-state index contributed by atoms with van der Waals surface area (Å²) in [5, 5.41) is 3.39. The second-order valence-electron chi connectivity index (χ2n) is 4.59. The van der Waals surface area contributed by atoms with Gasteiger partial charge in [0.15, 0.2) is 0 Å². The molecule has 2 unspecified atom stereocenters. The zero-order valence-corrected chi connectivity index (χ0v) is 11.2. The van der Waals surface area contributed by atoms with E-state index >= 15 is 0 Å². The second-order valence-corrected chi connectivity index (χ2v) is 7.09. The van der Waals surface area contributed by atoms with Crippen LogP contribution in [0.25, 0.3) is 0 Å². The average Bonchev–Trinajstić information content (AvgIpc) is 2.51. The molecule has 1 fully saturated rings. The van der Waals surface area contributed by atoms with E-state index in [1.165, 1.54) is 15.1 Å². The molecule has 78 valence electrons. The van der Waals surface area contributed by atoms with Gasteiger partial charge in [0.05, 0.1) is 3.79 Å². The molecule has 1 saturated carbocycles. The van der Waals surface area contributed by atoms with Gasteiger partial charge in [-0.25, -0.2) is 0 Å². The van der Waals surface area contributed by atoms with Gasteiger partial charge in [0, 0.05) is 16.8 Å². The summed E-state index contributed by atoms with van der Waals surface area (Å²) in [4.78, 5) is 1.52. The third-order valence-corrected chi connectivity index (χ3v) is 5.29. The van der Waals surface area contributed by atoms with E-state index in [0.29, 0.717) is 11.5 Å². The van der Waals surface area contributed by atoms with E-state index < -0.39 is 0 Å². The van der Waals surface area contributed by atoms with Crippen LogP contribution in [-0.2, 0) is 0 Å². The molecule has 0 spiro atoms. The first-order chi connectivity index (χ1) is 6.55. The highest BCUT2D eigenvalue weighted by Crippen LogP contribution is 2.54. The van der Waals surface area contributed by atoms with Crippen molar-refractivity contribution in [1.82, 2.24) is 5.32 Å². The van der Waals surface area contributed by atoms with Crippen molar-refractivity contribution in [1.29, 1.82) is 0 Å². The minimum atomic E-state index is 0.402. The molecule has 0 saturated heterocycles. The second kappa shape index (κ2) is 3.62. The summed E-state index contributed by atoms with van der Waals surface area (Å²) >= 11 is 5.40. The van der Waals surface area contributed by atoms with Gasteiger partial charge in [-0.05, 0) is 46.9 Å². The molecule has 1 N–H and O–H groups in total. The lowest BCUT2D eigenvalue weighted by Gasteiger charge is -2.52. The Morgan fingerprint density at radius 3 is 2.64 bits per heavy atom. The van der Waals surface area contributed by atoms with Crippen LogP contribution in [0.5, 0.6) is 0 Å². The molecule has 0 aliphatic heterocycles. The Labute approximate surface area is 98.0 Å². The highest BCUT2D eigenvalue weighted by atomic mass is 79.9. The van der Waals surface area contributed by atoms with Crippen LogP contribution in [0.4, 0.5) is 0 Å². The van der Waals surface area contributed by atoms with Gasteiger partial charge in [0.1, 0.15) is 0 Å².